The molecule has 0 fully saturated rings. The lowest BCUT2D eigenvalue weighted by atomic mass is 10.2. The number of hydrogen-bond acceptors (Lipinski definition) is 3. The lowest BCUT2D eigenvalue weighted by molar-refractivity contribution is -0.140. The molecule has 0 aliphatic heterocycles. The van der Waals surface area contributed by atoms with E-state index in [1.165, 1.54) is 16.9 Å². The molecule has 8 heteroatoms. The third-order valence-electron chi connectivity index (χ3n) is 2.62. The summed E-state index contributed by atoms with van der Waals surface area (Å²) in [4.78, 5) is 0. The largest absolute Gasteiger partial charge is 0.419 e. The zero-order valence-corrected chi connectivity index (χ0v) is 10.6. The van der Waals surface area contributed by atoms with Crippen molar-refractivity contribution in [1.29, 1.82) is 0 Å². The molecule has 1 aromatic heterocycles. The van der Waals surface area contributed by atoms with Crippen LogP contribution in [0.1, 0.15) is 18.2 Å². The van der Waals surface area contributed by atoms with Crippen molar-refractivity contribution in [3.63, 3.8) is 0 Å². The van der Waals surface area contributed by atoms with E-state index in [0.717, 1.165) is 12.6 Å². The predicted molar refractivity (Wildman–Crippen MR) is 63.7 cm³/mol. The number of rotatable bonds is 4. The highest BCUT2D eigenvalue weighted by atomic mass is 19.4. The molecule has 0 radical (unpaired) electrons. The van der Waals surface area contributed by atoms with E-state index in [1.54, 1.807) is 0 Å². The van der Waals surface area contributed by atoms with Crippen molar-refractivity contribution < 1.29 is 17.6 Å². The highest BCUT2D eigenvalue weighted by Crippen LogP contribution is 2.32. The summed E-state index contributed by atoms with van der Waals surface area (Å²) < 4.78 is 52.2. The smallest absolute Gasteiger partial charge is 0.311 e. The van der Waals surface area contributed by atoms with Gasteiger partial charge in [-0.05, 0) is 24.7 Å². The van der Waals surface area contributed by atoms with Gasteiger partial charge >= 0.3 is 6.18 Å². The molecule has 2 aromatic rings. The molecule has 0 aliphatic rings. The van der Waals surface area contributed by atoms with E-state index in [2.05, 4.69) is 15.6 Å². The molecule has 1 N–H and O–H groups in total. The van der Waals surface area contributed by atoms with Gasteiger partial charge in [0.2, 0.25) is 0 Å². The first kappa shape index (κ1) is 14.4. The Hall–Kier alpha value is -1.96. The first-order valence-corrected chi connectivity index (χ1v) is 5.91. The van der Waals surface area contributed by atoms with Crippen LogP contribution in [0, 0.1) is 5.82 Å². The Morgan fingerprint density at radius 1 is 1.30 bits per heavy atom. The molecule has 20 heavy (non-hydrogen) atoms. The van der Waals surface area contributed by atoms with Crippen molar-refractivity contribution in [2.24, 2.45) is 0 Å². The maximum Gasteiger partial charge on any atom is 0.419 e. The van der Waals surface area contributed by atoms with Crippen LogP contribution >= 0.6 is 0 Å². The third-order valence-corrected chi connectivity index (χ3v) is 2.62. The molecule has 0 aliphatic carbocycles. The average Bonchev–Trinajstić information content (AvgIpc) is 2.84. The van der Waals surface area contributed by atoms with Crippen LogP contribution in [-0.4, -0.2) is 21.5 Å². The zero-order valence-electron chi connectivity index (χ0n) is 10.6. The van der Waals surface area contributed by atoms with Gasteiger partial charge in [-0.15, -0.1) is 5.10 Å². The van der Waals surface area contributed by atoms with E-state index in [1.807, 2.05) is 6.92 Å². The lowest BCUT2D eigenvalue weighted by Gasteiger charge is -2.09. The number of hydrogen-bond donors (Lipinski definition) is 1. The average molecular weight is 288 g/mol. The Morgan fingerprint density at radius 3 is 2.70 bits per heavy atom. The highest BCUT2D eigenvalue weighted by molar-refractivity contribution is 5.37. The SMILES string of the molecule is CCNCc1cn(-c2ccc(F)c(C(F)(F)F)c2)nn1. The second-order valence-electron chi connectivity index (χ2n) is 4.10. The van der Waals surface area contributed by atoms with Gasteiger partial charge in [-0.3, -0.25) is 0 Å². The molecule has 0 amide bonds. The Morgan fingerprint density at radius 2 is 2.05 bits per heavy atom. The van der Waals surface area contributed by atoms with Crippen molar-refractivity contribution in [3.05, 3.63) is 41.5 Å². The first-order valence-electron chi connectivity index (χ1n) is 5.91. The molecule has 0 saturated carbocycles. The zero-order chi connectivity index (χ0) is 14.8. The summed E-state index contributed by atoms with van der Waals surface area (Å²) >= 11 is 0. The molecule has 2 rings (SSSR count). The van der Waals surface area contributed by atoms with Gasteiger partial charge in [-0.1, -0.05) is 12.1 Å². The van der Waals surface area contributed by atoms with Crippen molar-refractivity contribution in [3.8, 4) is 5.69 Å². The Labute approximate surface area is 112 Å². The fourth-order valence-electron chi connectivity index (χ4n) is 1.63. The topological polar surface area (TPSA) is 42.7 Å². The minimum absolute atomic E-state index is 0.106. The minimum atomic E-state index is -4.74. The van der Waals surface area contributed by atoms with Gasteiger partial charge in [0, 0.05) is 6.54 Å². The monoisotopic (exact) mass is 288 g/mol. The molecule has 0 atom stereocenters. The summed E-state index contributed by atoms with van der Waals surface area (Å²) in [5, 5.41) is 10.6. The molecule has 0 unspecified atom stereocenters. The Kier molecular flexibility index (Phi) is 4.03. The van der Waals surface area contributed by atoms with Crippen LogP contribution in [0.25, 0.3) is 5.69 Å². The molecule has 1 heterocycles. The third kappa shape index (κ3) is 3.13. The van der Waals surface area contributed by atoms with Crippen LogP contribution < -0.4 is 5.32 Å². The van der Waals surface area contributed by atoms with E-state index in [-0.39, 0.29) is 5.69 Å². The van der Waals surface area contributed by atoms with Crippen molar-refractivity contribution in [1.82, 2.24) is 20.3 Å². The first-order chi connectivity index (χ1) is 9.41. The second-order valence-corrected chi connectivity index (χ2v) is 4.10. The quantitative estimate of drug-likeness (QED) is 0.879. The summed E-state index contributed by atoms with van der Waals surface area (Å²) in [5.74, 6) is -1.31. The van der Waals surface area contributed by atoms with Crippen LogP contribution in [0.2, 0.25) is 0 Å². The summed E-state index contributed by atoms with van der Waals surface area (Å²) in [7, 11) is 0. The van der Waals surface area contributed by atoms with Crippen molar-refractivity contribution in [2.75, 3.05) is 6.54 Å². The number of nitrogens with zero attached hydrogens (tertiary/aromatic N) is 3. The number of benzene rings is 1. The number of nitrogens with one attached hydrogen (secondary N) is 1. The van der Waals surface area contributed by atoms with Crippen LogP contribution in [0.4, 0.5) is 17.6 Å². The second kappa shape index (κ2) is 5.58. The molecule has 1 aromatic carbocycles. The molecule has 108 valence electrons. The standard InChI is InChI=1S/C12H12F4N4/c1-2-17-6-8-7-20(19-18-8)9-3-4-11(13)10(5-9)12(14,15)16/h3-5,7,17H,2,6H2,1H3. The molecule has 0 bridgehead atoms. The maximum absolute atomic E-state index is 13.2. The predicted octanol–water partition coefficient (Wildman–Crippen LogP) is 2.53. The molecular weight excluding hydrogens is 276 g/mol. The van der Waals surface area contributed by atoms with E-state index in [9.17, 15) is 17.6 Å². The normalized spacial score (nSPS) is 11.8. The van der Waals surface area contributed by atoms with Gasteiger partial charge in [-0.25, -0.2) is 9.07 Å². The van der Waals surface area contributed by atoms with Crippen molar-refractivity contribution in [2.45, 2.75) is 19.6 Å². The number of alkyl halides is 3. The fraction of sp³-hybridized carbons (Fsp3) is 0.333. The van der Waals surface area contributed by atoms with Crippen LogP contribution in [0.5, 0.6) is 0 Å². The fourth-order valence-corrected chi connectivity index (χ4v) is 1.63. The van der Waals surface area contributed by atoms with Gasteiger partial charge in [0.15, 0.2) is 0 Å². The van der Waals surface area contributed by atoms with Gasteiger partial charge in [0.25, 0.3) is 0 Å². The van der Waals surface area contributed by atoms with Crippen LogP contribution in [0.3, 0.4) is 0 Å². The summed E-state index contributed by atoms with van der Waals surface area (Å²) in [5.41, 5.74) is -0.627. The van der Waals surface area contributed by atoms with Crippen LogP contribution in [0.15, 0.2) is 24.4 Å². The lowest BCUT2D eigenvalue weighted by Crippen LogP contribution is -2.11. The number of aromatic nitrogens is 3. The van der Waals surface area contributed by atoms with Gasteiger partial charge in [0.05, 0.1) is 23.1 Å². The Bertz CT molecular complexity index is 591. The van der Waals surface area contributed by atoms with E-state index < -0.39 is 17.6 Å². The summed E-state index contributed by atoms with van der Waals surface area (Å²) in [6, 6.07) is 2.70. The number of halogens is 4. The summed E-state index contributed by atoms with van der Waals surface area (Å²) in [6.45, 7) is 3.12. The van der Waals surface area contributed by atoms with Gasteiger partial charge < -0.3 is 5.32 Å². The molecule has 0 spiro atoms. The van der Waals surface area contributed by atoms with Gasteiger partial charge in [-0.2, -0.15) is 13.2 Å². The molecule has 4 nitrogen and oxygen atoms in total. The van der Waals surface area contributed by atoms with Crippen LogP contribution in [-0.2, 0) is 12.7 Å². The van der Waals surface area contributed by atoms with E-state index in [4.69, 9.17) is 0 Å². The summed E-state index contributed by atoms with van der Waals surface area (Å²) in [6.07, 6.45) is -3.25. The highest BCUT2D eigenvalue weighted by Gasteiger charge is 2.34. The molecular formula is C12H12F4N4. The maximum atomic E-state index is 13.2. The van der Waals surface area contributed by atoms with Crippen molar-refractivity contribution >= 4 is 0 Å². The van der Waals surface area contributed by atoms with E-state index >= 15 is 0 Å². The molecule has 0 saturated heterocycles. The minimum Gasteiger partial charge on any atom is -0.311 e. The Balaban J connectivity index is 2.31. The van der Waals surface area contributed by atoms with Gasteiger partial charge in [0.1, 0.15) is 5.82 Å². The van der Waals surface area contributed by atoms with E-state index in [0.29, 0.717) is 18.3 Å².